The maximum absolute atomic E-state index is 13.3. The first-order valence-corrected chi connectivity index (χ1v) is 22.9. The Kier molecular flexibility index (Phi) is 12.1. The van der Waals surface area contributed by atoms with Crippen molar-refractivity contribution in [1.29, 1.82) is 0 Å². The molecular formula is C46H50N10O5S2. The number of carboxylic acid groups (broad SMARTS) is 1. The molecule has 1 amide bonds. The zero-order valence-electron chi connectivity index (χ0n) is 36.0. The van der Waals surface area contributed by atoms with Gasteiger partial charge in [0.1, 0.15) is 45.5 Å². The summed E-state index contributed by atoms with van der Waals surface area (Å²) in [5, 5.41) is 18.3. The number of nitrogens with one attached hydrogen (secondary N) is 2. The van der Waals surface area contributed by atoms with Gasteiger partial charge in [0, 0.05) is 47.7 Å². The van der Waals surface area contributed by atoms with Crippen LogP contribution < -0.4 is 20.1 Å². The molecule has 0 spiro atoms. The number of carbonyl (C=O) groups is 2. The highest BCUT2D eigenvalue weighted by Crippen LogP contribution is 2.44. The van der Waals surface area contributed by atoms with Crippen LogP contribution in [0.3, 0.4) is 0 Å². The Morgan fingerprint density at radius 3 is 1.73 bits per heavy atom. The summed E-state index contributed by atoms with van der Waals surface area (Å²) in [5.41, 5.74) is 8.61. The number of hydrogen-bond acceptors (Lipinski definition) is 15. The molecule has 2 aliphatic heterocycles. The minimum atomic E-state index is -0.725. The molecule has 0 fully saturated rings. The fourth-order valence-corrected chi connectivity index (χ4v) is 11.4. The molecule has 6 heterocycles. The van der Waals surface area contributed by atoms with Crippen LogP contribution in [0.1, 0.15) is 62.9 Å². The Morgan fingerprint density at radius 2 is 1.25 bits per heavy atom. The predicted molar refractivity (Wildman–Crippen MR) is 249 cm³/mol. The number of carboxylic acids is 1. The number of thiophene rings is 2. The number of benzene rings is 2. The zero-order chi connectivity index (χ0) is 43.8. The van der Waals surface area contributed by atoms with Gasteiger partial charge >= 0.3 is 5.97 Å². The summed E-state index contributed by atoms with van der Waals surface area (Å²) < 4.78 is 11.2. The van der Waals surface area contributed by atoms with Gasteiger partial charge in [-0.3, -0.25) is 19.6 Å². The number of aryl methyl sites for hydroxylation is 2. The number of amides is 1. The predicted octanol–water partition coefficient (Wildman–Crippen LogP) is 7.46. The monoisotopic (exact) mass is 886 g/mol. The zero-order valence-corrected chi connectivity index (χ0v) is 37.7. The van der Waals surface area contributed by atoms with Gasteiger partial charge in [-0.1, -0.05) is 0 Å². The lowest BCUT2D eigenvalue weighted by Crippen LogP contribution is -2.41. The second-order valence-electron chi connectivity index (χ2n) is 16.4. The largest absolute Gasteiger partial charge is 0.495 e. The van der Waals surface area contributed by atoms with Crippen molar-refractivity contribution in [3.05, 3.63) is 80.1 Å². The van der Waals surface area contributed by atoms with Crippen molar-refractivity contribution in [3.8, 4) is 11.5 Å². The highest BCUT2D eigenvalue weighted by molar-refractivity contribution is 7.19. The lowest BCUT2D eigenvalue weighted by molar-refractivity contribution is -0.142. The third-order valence-electron chi connectivity index (χ3n) is 12.3. The molecule has 0 saturated carbocycles. The van der Waals surface area contributed by atoms with Gasteiger partial charge in [-0.25, -0.2) is 19.9 Å². The first-order valence-electron chi connectivity index (χ1n) is 21.2. The fraction of sp³-hybridized carbons (Fsp3) is 0.391. The van der Waals surface area contributed by atoms with Gasteiger partial charge in [0.25, 0.3) is 0 Å². The van der Waals surface area contributed by atoms with E-state index in [1.165, 1.54) is 16.0 Å². The fourth-order valence-electron chi connectivity index (χ4n) is 8.90. The number of aromatic nitrogens is 4. The van der Waals surface area contributed by atoms with Gasteiger partial charge in [0.2, 0.25) is 5.91 Å². The van der Waals surface area contributed by atoms with E-state index < -0.39 is 5.97 Å². The molecule has 0 radical (unpaired) electrons. The number of methoxy groups -OCH3 is 2. The molecule has 2 atom stereocenters. The van der Waals surface area contributed by atoms with E-state index in [1.807, 2.05) is 49.6 Å². The highest BCUT2D eigenvalue weighted by atomic mass is 32.1. The van der Waals surface area contributed by atoms with E-state index >= 15 is 0 Å². The standard InChI is InChI=1S/C26H32N6O2S.C20H18N4O3S/c1-5-32(9-8-31(2)3)26(33)16-6-7-19-22(12-16)35-25-23(19)24(28-15-29-25)30-20-10-17-13-27-14-18(17)11-21(20)34-4;1-27-15-5-12-8-21-7-11(12)4-14(15)24-18-17-13-3-2-10(20(25)26)6-16(13)28-19(17)23-9-22-18/h10-11,13,15-16H,5-9,12,14H2,1-4H3,(H,28,29,30);4-5,7,9-10H,2-3,6,8H2,1H3,(H,25,26)(H,22,23,24)/t16-;10-/m00/s1. The number of likely N-dealkylation sites (N-methyl/N-ethyl adjacent to an activating group) is 2. The topological polar surface area (TPSA) is 180 Å². The van der Waals surface area contributed by atoms with E-state index in [1.54, 1.807) is 49.5 Å². The average Bonchev–Trinajstić information content (AvgIpc) is 4.10. The Bertz CT molecular complexity index is 2800. The number of aliphatic imine (C=N–C) groups is 2. The molecule has 2 aliphatic carbocycles. The summed E-state index contributed by atoms with van der Waals surface area (Å²) in [7, 11) is 7.42. The quantitative estimate of drug-likeness (QED) is 0.111. The first kappa shape index (κ1) is 42.3. The molecule has 17 heteroatoms. The average molecular weight is 887 g/mol. The van der Waals surface area contributed by atoms with E-state index in [2.05, 4.69) is 58.4 Å². The van der Waals surface area contributed by atoms with Crippen molar-refractivity contribution in [3.63, 3.8) is 0 Å². The van der Waals surface area contributed by atoms with Gasteiger partial charge in [0.15, 0.2) is 0 Å². The maximum atomic E-state index is 13.3. The van der Waals surface area contributed by atoms with Gasteiger partial charge in [0.05, 0.1) is 55.4 Å². The van der Waals surface area contributed by atoms with Crippen LogP contribution in [0.5, 0.6) is 11.5 Å². The number of fused-ring (bicyclic) bond motifs is 8. The van der Waals surface area contributed by atoms with Crippen molar-refractivity contribution >= 4 is 90.4 Å². The summed E-state index contributed by atoms with van der Waals surface area (Å²) >= 11 is 3.26. The molecule has 63 heavy (non-hydrogen) atoms. The Hall–Kier alpha value is -6.04. The second kappa shape index (κ2) is 18.0. The molecule has 6 aromatic rings. The van der Waals surface area contributed by atoms with Crippen LogP contribution >= 0.6 is 22.7 Å². The van der Waals surface area contributed by atoms with Crippen molar-refractivity contribution in [2.24, 2.45) is 21.8 Å². The van der Waals surface area contributed by atoms with Crippen molar-refractivity contribution in [2.45, 2.75) is 58.5 Å². The number of anilines is 4. The smallest absolute Gasteiger partial charge is 0.306 e. The van der Waals surface area contributed by atoms with Gasteiger partial charge in [-0.05, 0) is 117 Å². The number of carbonyl (C=O) groups excluding carboxylic acids is 1. The molecule has 3 N–H and O–H groups in total. The minimum Gasteiger partial charge on any atom is -0.495 e. The van der Waals surface area contributed by atoms with E-state index in [0.717, 1.165) is 127 Å². The van der Waals surface area contributed by atoms with Crippen molar-refractivity contribution < 1.29 is 24.2 Å². The molecule has 10 rings (SSSR count). The van der Waals surface area contributed by atoms with Crippen LogP contribution in [0, 0.1) is 11.8 Å². The maximum Gasteiger partial charge on any atom is 0.306 e. The highest BCUT2D eigenvalue weighted by Gasteiger charge is 2.32. The minimum absolute atomic E-state index is 0.0261. The first-order chi connectivity index (χ1) is 30.6. The summed E-state index contributed by atoms with van der Waals surface area (Å²) in [6, 6.07) is 8.14. The molecule has 4 aliphatic rings. The van der Waals surface area contributed by atoms with E-state index in [-0.39, 0.29) is 17.7 Å². The second-order valence-corrected chi connectivity index (χ2v) is 18.6. The molecule has 326 valence electrons. The van der Waals surface area contributed by atoms with Crippen molar-refractivity contribution in [2.75, 3.05) is 58.6 Å². The molecule has 0 saturated heterocycles. The Balaban J connectivity index is 0.000000164. The molecule has 0 bridgehead atoms. The molecular weight excluding hydrogens is 837 g/mol. The summed E-state index contributed by atoms with van der Waals surface area (Å²) in [4.78, 5) is 59.8. The SMILES string of the molecule is CCN(CCN(C)C)C(=O)[C@H]1CCc2c(sc3ncnc(Nc4cc5c(cc4OC)CN=C5)c23)C1.COc1cc2c(cc1Nc1ncnc3sc4c(c13)CC[C@H](C(=O)O)C4)C=NC2. The van der Waals surface area contributed by atoms with Crippen LogP contribution in [-0.4, -0.2) is 107 Å². The summed E-state index contributed by atoms with van der Waals surface area (Å²) in [6.45, 7) is 5.82. The number of nitrogens with zero attached hydrogens (tertiary/aromatic N) is 8. The van der Waals surface area contributed by atoms with Crippen LogP contribution in [0.15, 0.2) is 46.9 Å². The van der Waals surface area contributed by atoms with Gasteiger partial charge in [-0.2, -0.15) is 0 Å². The third-order valence-corrected chi connectivity index (χ3v) is 14.6. The lowest BCUT2D eigenvalue weighted by Gasteiger charge is -2.29. The Labute approximate surface area is 373 Å². The molecule has 2 aromatic carbocycles. The van der Waals surface area contributed by atoms with Crippen LogP contribution in [0.25, 0.3) is 20.4 Å². The number of hydrogen-bond donors (Lipinski definition) is 3. The van der Waals surface area contributed by atoms with Gasteiger partial charge in [-0.15, -0.1) is 22.7 Å². The summed E-state index contributed by atoms with van der Waals surface area (Å²) in [6.07, 6.45) is 11.3. The normalized spacial score (nSPS) is 16.9. The summed E-state index contributed by atoms with van der Waals surface area (Å²) in [5.74, 6) is 2.28. The number of rotatable bonds is 12. The van der Waals surface area contributed by atoms with Crippen molar-refractivity contribution in [1.82, 2.24) is 29.7 Å². The van der Waals surface area contributed by atoms with Crippen LogP contribution in [-0.2, 0) is 48.4 Å². The third kappa shape index (κ3) is 8.44. The van der Waals surface area contributed by atoms with E-state index in [4.69, 9.17) is 9.47 Å². The molecule has 0 unspecified atom stereocenters. The lowest BCUT2D eigenvalue weighted by atomic mass is 9.86. The van der Waals surface area contributed by atoms with E-state index in [0.29, 0.717) is 25.9 Å². The van der Waals surface area contributed by atoms with Crippen LogP contribution in [0.4, 0.5) is 23.0 Å². The molecule has 4 aromatic heterocycles. The number of ether oxygens (including phenoxy) is 2. The Morgan fingerprint density at radius 1 is 0.746 bits per heavy atom. The van der Waals surface area contributed by atoms with Crippen LogP contribution in [0.2, 0.25) is 0 Å². The number of aliphatic carboxylic acids is 1. The van der Waals surface area contributed by atoms with Gasteiger partial charge < -0.3 is 35.0 Å². The van der Waals surface area contributed by atoms with E-state index in [9.17, 15) is 14.7 Å². The molecule has 15 nitrogen and oxygen atoms in total.